The van der Waals surface area contributed by atoms with Crippen molar-refractivity contribution in [1.82, 2.24) is 5.32 Å². The number of hydrogen-bond acceptors (Lipinski definition) is 5. The van der Waals surface area contributed by atoms with Crippen LogP contribution >= 0.6 is 11.6 Å². The van der Waals surface area contributed by atoms with Crippen LogP contribution in [-0.4, -0.2) is 22.9 Å². The van der Waals surface area contributed by atoms with Gasteiger partial charge < -0.3 is 10.1 Å². The topological polar surface area (TPSA) is 98.5 Å². The van der Waals surface area contributed by atoms with Crippen LogP contribution in [0.25, 0.3) is 0 Å². The Morgan fingerprint density at radius 1 is 1.19 bits per heavy atom. The summed E-state index contributed by atoms with van der Waals surface area (Å²) in [5, 5.41) is 13.7. The molecule has 0 aromatic heterocycles. The van der Waals surface area contributed by atoms with Gasteiger partial charge in [0.1, 0.15) is 5.02 Å². The summed E-state index contributed by atoms with van der Waals surface area (Å²) in [6.45, 7) is 3.47. The second-order valence-corrected chi connectivity index (χ2v) is 6.51. The van der Waals surface area contributed by atoms with Crippen LogP contribution in [0.5, 0.6) is 0 Å². The Kier molecular flexibility index (Phi) is 6.90. The summed E-state index contributed by atoms with van der Waals surface area (Å²) in [7, 11) is 0. The minimum Gasteiger partial charge on any atom is -0.463 e. The lowest BCUT2D eigenvalue weighted by molar-refractivity contribution is -0.384. The van der Waals surface area contributed by atoms with Gasteiger partial charge in [0.2, 0.25) is 0 Å². The molecule has 7 nitrogen and oxygen atoms in total. The van der Waals surface area contributed by atoms with Gasteiger partial charge in [-0.25, -0.2) is 0 Å². The predicted octanol–water partition coefficient (Wildman–Crippen LogP) is 4.06. The van der Waals surface area contributed by atoms with E-state index in [1.165, 1.54) is 12.1 Å². The molecule has 0 aliphatic rings. The molecule has 2 aromatic rings. The number of nitrogens with one attached hydrogen (secondary N) is 1. The van der Waals surface area contributed by atoms with E-state index in [2.05, 4.69) is 5.32 Å². The molecule has 0 bridgehead atoms. The van der Waals surface area contributed by atoms with Gasteiger partial charge in [-0.15, -0.1) is 0 Å². The number of benzene rings is 2. The van der Waals surface area contributed by atoms with Crippen LogP contribution in [0.1, 0.15) is 42.2 Å². The average Bonchev–Trinajstić information content (AvgIpc) is 2.61. The van der Waals surface area contributed by atoms with Gasteiger partial charge in [-0.3, -0.25) is 19.7 Å². The van der Waals surface area contributed by atoms with Crippen molar-refractivity contribution in [2.24, 2.45) is 0 Å². The number of carbonyl (C=O) groups is 2. The molecule has 142 valence electrons. The predicted molar refractivity (Wildman–Crippen MR) is 101 cm³/mol. The molecule has 2 aromatic carbocycles. The lowest BCUT2D eigenvalue weighted by Crippen LogP contribution is -2.31. The minimum atomic E-state index is -0.659. The molecule has 1 unspecified atom stereocenters. The number of amides is 1. The first kappa shape index (κ1) is 20.4. The molecule has 0 saturated heterocycles. The maximum atomic E-state index is 12.6. The molecule has 27 heavy (non-hydrogen) atoms. The van der Waals surface area contributed by atoms with Crippen molar-refractivity contribution < 1.29 is 19.2 Å². The van der Waals surface area contributed by atoms with Gasteiger partial charge >= 0.3 is 5.97 Å². The molecule has 0 radical (unpaired) electrons. The molecule has 0 aliphatic carbocycles. The zero-order valence-corrected chi connectivity index (χ0v) is 15.6. The summed E-state index contributed by atoms with van der Waals surface area (Å²) in [6, 6.07) is 12.1. The fraction of sp³-hybridized carbons (Fsp3) is 0.263. The number of hydrogen-bond donors (Lipinski definition) is 1. The lowest BCUT2D eigenvalue weighted by Gasteiger charge is -2.19. The van der Waals surface area contributed by atoms with Crippen LogP contribution in [0.2, 0.25) is 5.02 Å². The Balaban J connectivity index is 2.24. The van der Waals surface area contributed by atoms with Gasteiger partial charge in [-0.1, -0.05) is 41.9 Å². The van der Waals surface area contributed by atoms with Gasteiger partial charge in [0.25, 0.3) is 11.6 Å². The highest BCUT2D eigenvalue weighted by Gasteiger charge is 2.22. The Morgan fingerprint density at radius 3 is 2.44 bits per heavy atom. The molecule has 8 heteroatoms. The van der Waals surface area contributed by atoms with Crippen molar-refractivity contribution in [3.05, 3.63) is 74.8 Å². The number of nitro groups is 1. The molecule has 2 rings (SSSR count). The zero-order chi connectivity index (χ0) is 20.0. The van der Waals surface area contributed by atoms with Crippen molar-refractivity contribution in [3.8, 4) is 0 Å². The largest absolute Gasteiger partial charge is 0.463 e. The number of nitrogens with zero attached hydrogens (tertiary/aromatic N) is 1. The summed E-state index contributed by atoms with van der Waals surface area (Å²) < 4.78 is 5.16. The number of ether oxygens (including phenoxy) is 1. The van der Waals surface area contributed by atoms with Gasteiger partial charge in [0, 0.05) is 11.6 Å². The van der Waals surface area contributed by atoms with E-state index >= 15 is 0 Å². The summed E-state index contributed by atoms with van der Waals surface area (Å²) in [5.74, 6) is -1.01. The highest BCUT2D eigenvalue weighted by molar-refractivity contribution is 6.32. The third kappa shape index (κ3) is 5.79. The van der Waals surface area contributed by atoms with Crippen molar-refractivity contribution >= 4 is 29.2 Å². The summed E-state index contributed by atoms with van der Waals surface area (Å²) in [4.78, 5) is 35.0. The summed E-state index contributed by atoms with van der Waals surface area (Å²) >= 11 is 5.78. The van der Waals surface area contributed by atoms with E-state index in [-0.39, 0.29) is 28.8 Å². The Labute approximate surface area is 161 Å². The maximum absolute atomic E-state index is 12.6. The number of halogens is 1. The molecule has 0 fully saturated rings. The van der Waals surface area contributed by atoms with Crippen molar-refractivity contribution in [1.29, 1.82) is 0 Å². The van der Waals surface area contributed by atoms with Gasteiger partial charge in [-0.05, 0) is 31.5 Å². The van der Waals surface area contributed by atoms with E-state index in [4.69, 9.17) is 16.3 Å². The molecule has 1 amide bonds. The van der Waals surface area contributed by atoms with Crippen LogP contribution < -0.4 is 5.32 Å². The van der Waals surface area contributed by atoms with Crippen LogP contribution in [0.3, 0.4) is 0 Å². The van der Waals surface area contributed by atoms with Crippen molar-refractivity contribution in [2.45, 2.75) is 32.4 Å². The van der Waals surface area contributed by atoms with E-state index in [0.29, 0.717) is 0 Å². The van der Waals surface area contributed by atoms with Gasteiger partial charge in [0.15, 0.2) is 0 Å². The molecule has 1 atom stereocenters. The fourth-order valence-electron chi connectivity index (χ4n) is 2.45. The molecule has 0 aliphatic heterocycles. The molecule has 0 heterocycles. The Hall–Kier alpha value is -2.93. The third-order valence-corrected chi connectivity index (χ3v) is 3.97. The smallest absolute Gasteiger partial charge is 0.308 e. The third-order valence-electron chi connectivity index (χ3n) is 3.65. The number of rotatable bonds is 7. The second-order valence-electron chi connectivity index (χ2n) is 6.10. The lowest BCUT2D eigenvalue weighted by atomic mass is 10.0. The normalized spacial score (nSPS) is 11.7. The van der Waals surface area contributed by atoms with Crippen molar-refractivity contribution in [3.63, 3.8) is 0 Å². The highest BCUT2D eigenvalue weighted by atomic mass is 35.5. The Bertz CT molecular complexity index is 839. The van der Waals surface area contributed by atoms with E-state index in [1.807, 2.05) is 6.07 Å². The zero-order valence-electron chi connectivity index (χ0n) is 14.8. The van der Waals surface area contributed by atoms with Crippen LogP contribution in [0.4, 0.5) is 5.69 Å². The maximum Gasteiger partial charge on any atom is 0.308 e. The molecular formula is C19H19ClN2O5. The monoisotopic (exact) mass is 390 g/mol. The van der Waals surface area contributed by atoms with Crippen LogP contribution in [0.15, 0.2) is 48.5 Å². The van der Waals surface area contributed by atoms with E-state index in [1.54, 1.807) is 38.1 Å². The highest BCUT2D eigenvalue weighted by Crippen LogP contribution is 2.26. The first-order chi connectivity index (χ1) is 12.8. The van der Waals surface area contributed by atoms with Crippen LogP contribution in [0, 0.1) is 10.1 Å². The van der Waals surface area contributed by atoms with E-state index < -0.39 is 22.8 Å². The molecule has 0 spiro atoms. The first-order valence-electron chi connectivity index (χ1n) is 8.27. The molecular weight excluding hydrogens is 372 g/mol. The summed E-state index contributed by atoms with van der Waals surface area (Å²) in [5.41, 5.74) is 0.430. The molecule has 1 N–H and O–H groups in total. The number of nitro benzene ring substituents is 1. The van der Waals surface area contributed by atoms with Gasteiger partial charge in [-0.2, -0.15) is 0 Å². The number of esters is 1. The van der Waals surface area contributed by atoms with Crippen LogP contribution in [-0.2, 0) is 9.53 Å². The Morgan fingerprint density at radius 2 is 1.85 bits per heavy atom. The second kappa shape index (κ2) is 9.14. The standard InChI is InChI=1S/C19H19ClN2O5/c1-12(2)27-18(23)11-16(13-6-4-3-5-7-13)21-19(24)14-8-9-15(20)17(10-14)22(25)26/h3-10,12,16H,11H2,1-2H3,(H,21,24). The summed E-state index contributed by atoms with van der Waals surface area (Å²) in [6.07, 6.45) is -0.340. The van der Waals surface area contributed by atoms with Gasteiger partial charge in [0.05, 0.1) is 23.5 Å². The average molecular weight is 391 g/mol. The molecule has 0 saturated carbocycles. The quantitative estimate of drug-likeness (QED) is 0.436. The SMILES string of the molecule is CC(C)OC(=O)CC(NC(=O)c1ccc(Cl)c([N+](=O)[O-])c1)c1ccccc1. The van der Waals surface area contributed by atoms with E-state index in [9.17, 15) is 19.7 Å². The minimum absolute atomic E-state index is 0.0586. The van der Waals surface area contributed by atoms with E-state index in [0.717, 1.165) is 11.6 Å². The van der Waals surface area contributed by atoms with Crippen molar-refractivity contribution in [2.75, 3.05) is 0 Å². The first-order valence-corrected chi connectivity index (χ1v) is 8.65. The fourth-order valence-corrected chi connectivity index (χ4v) is 2.64. The number of carbonyl (C=O) groups excluding carboxylic acids is 2.